The normalized spacial score (nSPS) is 11.9. The van der Waals surface area contributed by atoms with E-state index in [0.29, 0.717) is 13.0 Å². The summed E-state index contributed by atoms with van der Waals surface area (Å²) in [5.41, 5.74) is 4.55. The minimum Gasteiger partial charge on any atom is -0.330 e. The van der Waals surface area contributed by atoms with Gasteiger partial charge in [-0.2, -0.15) is 13.2 Å². The van der Waals surface area contributed by atoms with Crippen LogP contribution in [0.5, 0.6) is 0 Å². The molecule has 1 aromatic rings. The summed E-state index contributed by atoms with van der Waals surface area (Å²) in [6, 6.07) is 2.10. The first-order valence-corrected chi connectivity index (χ1v) is 5.37. The van der Waals surface area contributed by atoms with E-state index in [-0.39, 0.29) is 22.0 Å². The molecule has 0 aliphatic heterocycles. The summed E-state index contributed by atoms with van der Waals surface area (Å²) in [6.07, 6.45) is -3.81. The number of rotatable bonds is 3. The van der Waals surface area contributed by atoms with E-state index < -0.39 is 11.7 Å². The molecule has 2 N–H and O–H groups in total. The van der Waals surface area contributed by atoms with Crippen molar-refractivity contribution >= 4 is 23.2 Å². The lowest BCUT2D eigenvalue weighted by molar-refractivity contribution is -0.138. The maximum absolute atomic E-state index is 12.7. The van der Waals surface area contributed by atoms with Crippen molar-refractivity contribution in [3.8, 4) is 0 Å². The van der Waals surface area contributed by atoms with Crippen LogP contribution in [0.2, 0.25) is 10.0 Å². The average molecular weight is 272 g/mol. The first kappa shape index (κ1) is 13.6. The van der Waals surface area contributed by atoms with Crippen LogP contribution in [0.15, 0.2) is 12.1 Å². The van der Waals surface area contributed by atoms with Crippen LogP contribution < -0.4 is 5.73 Å². The van der Waals surface area contributed by atoms with Gasteiger partial charge in [0.15, 0.2) is 0 Å². The highest BCUT2D eigenvalue weighted by atomic mass is 35.5. The molecule has 0 aromatic heterocycles. The second kappa shape index (κ2) is 5.25. The predicted molar refractivity (Wildman–Crippen MR) is 58.8 cm³/mol. The van der Waals surface area contributed by atoms with Gasteiger partial charge in [-0.25, -0.2) is 0 Å². The van der Waals surface area contributed by atoms with Crippen LogP contribution >= 0.6 is 23.2 Å². The molecule has 0 unspecified atom stereocenters. The van der Waals surface area contributed by atoms with E-state index in [2.05, 4.69) is 0 Å². The Balaban J connectivity index is 3.22. The largest absolute Gasteiger partial charge is 0.416 e. The molecule has 0 spiro atoms. The summed E-state index contributed by atoms with van der Waals surface area (Å²) >= 11 is 11.5. The van der Waals surface area contributed by atoms with Gasteiger partial charge in [-0.3, -0.25) is 0 Å². The minimum absolute atomic E-state index is 0.0205. The maximum Gasteiger partial charge on any atom is 0.416 e. The predicted octanol–water partition coefficient (Wildman–Crippen LogP) is 3.90. The fourth-order valence-electron chi connectivity index (χ4n) is 1.38. The fraction of sp³-hybridized carbons (Fsp3) is 0.400. The van der Waals surface area contributed by atoms with Crippen LogP contribution in [-0.2, 0) is 12.6 Å². The molecule has 0 aliphatic rings. The van der Waals surface area contributed by atoms with E-state index in [1.165, 1.54) is 0 Å². The minimum atomic E-state index is -4.42. The van der Waals surface area contributed by atoms with E-state index in [9.17, 15) is 13.2 Å². The molecule has 0 saturated heterocycles. The van der Waals surface area contributed by atoms with Gasteiger partial charge in [0, 0.05) is 0 Å². The number of hydrogen-bond acceptors (Lipinski definition) is 1. The first-order valence-electron chi connectivity index (χ1n) is 4.62. The van der Waals surface area contributed by atoms with Gasteiger partial charge in [-0.15, -0.1) is 0 Å². The Morgan fingerprint density at radius 3 is 2.31 bits per heavy atom. The van der Waals surface area contributed by atoms with Gasteiger partial charge in [-0.1, -0.05) is 23.2 Å². The smallest absolute Gasteiger partial charge is 0.330 e. The Hall–Kier alpha value is -0.450. The third-order valence-corrected chi connectivity index (χ3v) is 2.98. The molecule has 0 radical (unpaired) electrons. The fourth-order valence-corrected chi connectivity index (χ4v) is 1.82. The molecule has 90 valence electrons. The first-order chi connectivity index (χ1) is 7.38. The molecular weight excluding hydrogens is 262 g/mol. The van der Waals surface area contributed by atoms with Crippen LogP contribution in [0.25, 0.3) is 0 Å². The van der Waals surface area contributed by atoms with Crippen molar-refractivity contribution in [2.75, 3.05) is 6.54 Å². The third-order valence-electron chi connectivity index (χ3n) is 2.13. The summed E-state index contributed by atoms with van der Waals surface area (Å²) in [5.74, 6) is 0. The molecular formula is C10H10Cl2F3N. The van der Waals surface area contributed by atoms with Crippen molar-refractivity contribution in [2.24, 2.45) is 5.73 Å². The second-order valence-corrected chi connectivity index (χ2v) is 4.06. The lowest BCUT2D eigenvalue weighted by Crippen LogP contribution is -2.11. The van der Waals surface area contributed by atoms with Crippen LogP contribution in [-0.4, -0.2) is 6.54 Å². The molecule has 1 nitrogen and oxygen atoms in total. The Labute approximate surface area is 101 Å². The van der Waals surface area contributed by atoms with Crippen LogP contribution in [0.3, 0.4) is 0 Å². The molecule has 6 heteroatoms. The molecule has 0 fully saturated rings. The summed E-state index contributed by atoms with van der Waals surface area (Å²) in [7, 11) is 0. The molecule has 0 atom stereocenters. The molecule has 0 amide bonds. The van der Waals surface area contributed by atoms with Crippen molar-refractivity contribution in [1.29, 1.82) is 0 Å². The molecule has 1 aromatic carbocycles. The highest BCUT2D eigenvalue weighted by Gasteiger charge is 2.34. The van der Waals surface area contributed by atoms with Gasteiger partial charge in [0.05, 0.1) is 15.6 Å². The quantitative estimate of drug-likeness (QED) is 0.887. The molecule has 16 heavy (non-hydrogen) atoms. The Morgan fingerprint density at radius 1 is 1.19 bits per heavy atom. The average Bonchev–Trinajstić information content (AvgIpc) is 2.18. The Kier molecular flexibility index (Phi) is 4.47. The summed E-state index contributed by atoms with van der Waals surface area (Å²) < 4.78 is 38.0. The van der Waals surface area contributed by atoms with Crippen molar-refractivity contribution < 1.29 is 13.2 Å². The van der Waals surface area contributed by atoms with Crippen molar-refractivity contribution in [2.45, 2.75) is 19.0 Å². The van der Waals surface area contributed by atoms with Crippen molar-refractivity contribution in [3.63, 3.8) is 0 Å². The maximum atomic E-state index is 12.7. The van der Waals surface area contributed by atoms with E-state index >= 15 is 0 Å². The van der Waals surface area contributed by atoms with Crippen molar-refractivity contribution in [1.82, 2.24) is 0 Å². The molecule has 0 heterocycles. The molecule has 0 saturated carbocycles. The standard InChI is InChI=1S/C10H10Cl2F3N/c11-8-4-3-7(10(13,14)15)6(9(8)12)2-1-5-16/h3-4H,1-2,5,16H2. The van der Waals surface area contributed by atoms with E-state index in [1.54, 1.807) is 0 Å². The number of nitrogens with two attached hydrogens (primary N) is 1. The zero-order valence-corrected chi connectivity index (χ0v) is 9.76. The van der Waals surface area contributed by atoms with Crippen LogP contribution in [0, 0.1) is 0 Å². The zero-order valence-electron chi connectivity index (χ0n) is 8.24. The van der Waals surface area contributed by atoms with Crippen LogP contribution in [0.4, 0.5) is 13.2 Å². The Morgan fingerprint density at radius 2 is 1.81 bits per heavy atom. The number of benzene rings is 1. The summed E-state index contributed by atoms with van der Waals surface area (Å²) in [5, 5.41) is 0.0895. The van der Waals surface area contributed by atoms with Gasteiger partial charge in [0.1, 0.15) is 0 Å². The topological polar surface area (TPSA) is 26.0 Å². The number of halogens is 5. The SMILES string of the molecule is NCCCc1c(C(F)(F)F)ccc(Cl)c1Cl. The summed E-state index contributed by atoms with van der Waals surface area (Å²) in [4.78, 5) is 0. The van der Waals surface area contributed by atoms with Gasteiger partial charge < -0.3 is 5.73 Å². The van der Waals surface area contributed by atoms with Crippen molar-refractivity contribution in [3.05, 3.63) is 33.3 Å². The van der Waals surface area contributed by atoms with E-state index in [1.807, 2.05) is 0 Å². The highest BCUT2D eigenvalue weighted by Crippen LogP contribution is 2.38. The molecule has 0 bridgehead atoms. The van der Waals surface area contributed by atoms with Crippen LogP contribution in [0.1, 0.15) is 17.5 Å². The monoisotopic (exact) mass is 271 g/mol. The van der Waals surface area contributed by atoms with Gasteiger partial charge >= 0.3 is 6.18 Å². The zero-order chi connectivity index (χ0) is 12.3. The second-order valence-electron chi connectivity index (χ2n) is 3.28. The van der Waals surface area contributed by atoms with Gasteiger partial charge in [0.25, 0.3) is 0 Å². The number of alkyl halides is 3. The Bertz CT molecular complexity index is 377. The highest BCUT2D eigenvalue weighted by molar-refractivity contribution is 6.42. The number of hydrogen-bond donors (Lipinski definition) is 1. The molecule has 0 aliphatic carbocycles. The van der Waals surface area contributed by atoms with Gasteiger partial charge in [-0.05, 0) is 37.1 Å². The lowest BCUT2D eigenvalue weighted by Gasteiger charge is -2.14. The summed E-state index contributed by atoms with van der Waals surface area (Å²) in [6.45, 7) is 0.306. The third kappa shape index (κ3) is 3.03. The van der Waals surface area contributed by atoms with E-state index in [0.717, 1.165) is 12.1 Å². The van der Waals surface area contributed by atoms with Gasteiger partial charge in [0.2, 0.25) is 0 Å². The molecule has 1 rings (SSSR count). The van der Waals surface area contributed by atoms with E-state index in [4.69, 9.17) is 28.9 Å². The lowest BCUT2D eigenvalue weighted by atomic mass is 10.0.